The number of rotatable bonds is 4. The smallest absolute Gasteiger partial charge is 0.177 e. The molecule has 0 saturated carbocycles. The van der Waals surface area contributed by atoms with Crippen molar-refractivity contribution in [2.75, 3.05) is 0 Å². The molecule has 96 valence electrons. The number of nitrogens with zero attached hydrogens (tertiary/aromatic N) is 3. The number of aryl methyl sites for hydroxylation is 1. The third kappa shape index (κ3) is 2.51. The summed E-state index contributed by atoms with van der Waals surface area (Å²) in [6.45, 7) is 1.60. The molecule has 2 heterocycles. The van der Waals surface area contributed by atoms with Crippen molar-refractivity contribution in [3.8, 4) is 11.3 Å². The van der Waals surface area contributed by atoms with Crippen LogP contribution in [0.15, 0.2) is 55.0 Å². The molecule has 0 aliphatic carbocycles. The molecule has 0 aliphatic rings. The molecule has 4 nitrogen and oxygen atoms in total. The summed E-state index contributed by atoms with van der Waals surface area (Å²) in [5.41, 5.74) is 2.27. The SMILES string of the molecule is S=c1[nH]cc(-c2ccccc2)n1CCn1cccn1. The Balaban J connectivity index is 1.89. The summed E-state index contributed by atoms with van der Waals surface area (Å²) < 4.78 is 4.75. The number of nitrogens with one attached hydrogen (secondary N) is 1. The van der Waals surface area contributed by atoms with Crippen LogP contribution in [0.3, 0.4) is 0 Å². The zero-order valence-electron chi connectivity index (χ0n) is 10.4. The maximum Gasteiger partial charge on any atom is 0.177 e. The Morgan fingerprint density at radius 1 is 1.11 bits per heavy atom. The summed E-state index contributed by atoms with van der Waals surface area (Å²) in [5, 5.41) is 4.21. The summed E-state index contributed by atoms with van der Waals surface area (Å²) >= 11 is 5.35. The van der Waals surface area contributed by atoms with Crippen molar-refractivity contribution in [3.63, 3.8) is 0 Å². The second-order valence-corrected chi connectivity index (χ2v) is 4.65. The fourth-order valence-corrected chi connectivity index (χ4v) is 2.35. The minimum Gasteiger partial charge on any atom is -0.337 e. The lowest BCUT2D eigenvalue weighted by molar-refractivity contribution is 0.532. The fraction of sp³-hybridized carbons (Fsp3) is 0.143. The van der Waals surface area contributed by atoms with Gasteiger partial charge in [0.25, 0.3) is 0 Å². The predicted octanol–water partition coefficient (Wildman–Crippen LogP) is 3.11. The van der Waals surface area contributed by atoms with Gasteiger partial charge in [-0.25, -0.2) is 0 Å². The van der Waals surface area contributed by atoms with Gasteiger partial charge < -0.3 is 9.55 Å². The maximum atomic E-state index is 5.35. The molecule has 1 aromatic carbocycles. The Hall–Kier alpha value is -2.14. The fourth-order valence-electron chi connectivity index (χ4n) is 2.10. The zero-order valence-corrected chi connectivity index (χ0v) is 11.2. The molecule has 0 saturated heterocycles. The Kier molecular flexibility index (Phi) is 3.29. The predicted molar refractivity (Wildman–Crippen MR) is 77.3 cm³/mol. The van der Waals surface area contributed by atoms with Gasteiger partial charge in [0.15, 0.2) is 4.77 Å². The van der Waals surface area contributed by atoms with Crippen molar-refractivity contribution < 1.29 is 0 Å². The van der Waals surface area contributed by atoms with E-state index in [9.17, 15) is 0 Å². The monoisotopic (exact) mass is 270 g/mol. The molecular formula is C14H14N4S. The molecule has 1 N–H and O–H groups in total. The molecule has 3 rings (SSSR count). The Labute approximate surface area is 116 Å². The molecule has 19 heavy (non-hydrogen) atoms. The summed E-state index contributed by atoms with van der Waals surface area (Å²) in [6, 6.07) is 12.2. The first-order valence-corrected chi connectivity index (χ1v) is 6.56. The third-order valence-electron chi connectivity index (χ3n) is 3.05. The van der Waals surface area contributed by atoms with Crippen LogP contribution in [0, 0.1) is 4.77 Å². The standard InChI is InChI=1S/C14H14N4S/c19-14-15-11-13(12-5-2-1-3-6-12)18(14)10-9-17-8-4-7-16-17/h1-8,11H,9-10H2,(H,15,19). The van der Waals surface area contributed by atoms with Crippen molar-refractivity contribution in [2.45, 2.75) is 13.1 Å². The molecule has 0 spiro atoms. The van der Waals surface area contributed by atoms with Crippen LogP contribution < -0.4 is 0 Å². The minimum absolute atomic E-state index is 0.742. The van der Waals surface area contributed by atoms with Crippen LogP contribution in [-0.4, -0.2) is 19.3 Å². The van der Waals surface area contributed by atoms with E-state index in [2.05, 4.69) is 26.8 Å². The normalized spacial score (nSPS) is 10.7. The largest absolute Gasteiger partial charge is 0.337 e. The highest BCUT2D eigenvalue weighted by Crippen LogP contribution is 2.19. The summed E-state index contributed by atoms with van der Waals surface area (Å²) in [6.07, 6.45) is 5.70. The van der Waals surface area contributed by atoms with Gasteiger partial charge in [0.05, 0.1) is 12.2 Å². The van der Waals surface area contributed by atoms with E-state index in [1.54, 1.807) is 6.20 Å². The van der Waals surface area contributed by atoms with Crippen LogP contribution in [-0.2, 0) is 13.1 Å². The van der Waals surface area contributed by atoms with Crippen LogP contribution in [0.5, 0.6) is 0 Å². The maximum absolute atomic E-state index is 5.35. The molecule has 0 bridgehead atoms. The van der Waals surface area contributed by atoms with E-state index in [-0.39, 0.29) is 0 Å². The molecule has 5 heteroatoms. The zero-order chi connectivity index (χ0) is 13.1. The molecule has 0 aliphatic heterocycles. The summed E-state index contributed by atoms with van der Waals surface area (Å²) in [7, 11) is 0. The highest BCUT2D eigenvalue weighted by Gasteiger charge is 2.06. The lowest BCUT2D eigenvalue weighted by Gasteiger charge is -2.08. The van der Waals surface area contributed by atoms with Gasteiger partial charge in [-0.1, -0.05) is 30.3 Å². The van der Waals surface area contributed by atoms with E-state index in [0.717, 1.165) is 29.1 Å². The molecular weight excluding hydrogens is 256 g/mol. The van der Waals surface area contributed by atoms with Crippen LogP contribution in [0.1, 0.15) is 0 Å². The highest BCUT2D eigenvalue weighted by atomic mass is 32.1. The van der Waals surface area contributed by atoms with Gasteiger partial charge in [-0.3, -0.25) is 4.68 Å². The third-order valence-corrected chi connectivity index (χ3v) is 3.39. The first-order chi connectivity index (χ1) is 9.34. The number of benzene rings is 1. The number of imidazole rings is 1. The second-order valence-electron chi connectivity index (χ2n) is 4.27. The van der Waals surface area contributed by atoms with Crippen molar-refractivity contribution in [2.24, 2.45) is 0 Å². The molecule has 3 aromatic rings. The van der Waals surface area contributed by atoms with E-state index in [0.29, 0.717) is 0 Å². The van der Waals surface area contributed by atoms with Gasteiger partial charge >= 0.3 is 0 Å². The molecule has 0 amide bonds. The van der Waals surface area contributed by atoms with Gasteiger partial charge in [0, 0.05) is 25.1 Å². The van der Waals surface area contributed by atoms with Gasteiger partial charge in [-0.2, -0.15) is 5.10 Å². The highest BCUT2D eigenvalue weighted by molar-refractivity contribution is 7.71. The molecule has 0 radical (unpaired) electrons. The first kappa shape index (κ1) is 11.9. The van der Waals surface area contributed by atoms with Crippen LogP contribution >= 0.6 is 12.2 Å². The topological polar surface area (TPSA) is 38.5 Å². The van der Waals surface area contributed by atoms with Crippen LogP contribution in [0.4, 0.5) is 0 Å². The lowest BCUT2D eigenvalue weighted by atomic mass is 10.2. The number of aromatic amines is 1. The molecule has 0 fully saturated rings. The van der Waals surface area contributed by atoms with Gasteiger partial charge in [0.2, 0.25) is 0 Å². The van der Waals surface area contributed by atoms with Crippen molar-refractivity contribution in [1.29, 1.82) is 0 Å². The van der Waals surface area contributed by atoms with E-state index >= 15 is 0 Å². The number of aromatic nitrogens is 4. The quantitative estimate of drug-likeness (QED) is 0.740. The van der Waals surface area contributed by atoms with Crippen molar-refractivity contribution >= 4 is 12.2 Å². The lowest BCUT2D eigenvalue weighted by Crippen LogP contribution is -2.08. The summed E-state index contributed by atoms with van der Waals surface area (Å²) in [4.78, 5) is 3.11. The molecule has 0 atom stereocenters. The van der Waals surface area contributed by atoms with E-state index in [4.69, 9.17) is 12.2 Å². The average molecular weight is 270 g/mol. The first-order valence-electron chi connectivity index (χ1n) is 6.15. The van der Waals surface area contributed by atoms with Gasteiger partial charge in [-0.15, -0.1) is 0 Å². The molecule has 0 unspecified atom stereocenters. The van der Waals surface area contributed by atoms with Crippen LogP contribution in [0.25, 0.3) is 11.3 Å². The Morgan fingerprint density at radius 2 is 1.95 bits per heavy atom. The van der Waals surface area contributed by atoms with Crippen molar-refractivity contribution in [1.82, 2.24) is 19.3 Å². The van der Waals surface area contributed by atoms with Gasteiger partial charge in [-0.05, 0) is 23.8 Å². The Bertz CT molecular complexity index is 695. The van der Waals surface area contributed by atoms with Crippen molar-refractivity contribution in [3.05, 3.63) is 59.8 Å². The average Bonchev–Trinajstić information content (AvgIpc) is 3.07. The number of hydrogen-bond donors (Lipinski definition) is 1. The van der Waals surface area contributed by atoms with E-state index in [1.165, 1.54) is 0 Å². The van der Waals surface area contributed by atoms with Gasteiger partial charge in [0.1, 0.15) is 0 Å². The summed E-state index contributed by atoms with van der Waals surface area (Å²) in [5.74, 6) is 0. The molecule has 2 aromatic heterocycles. The van der Waals surface area contributed by atoms with E-state index < -0.39 is 0 Å². The Morgan fingerprint density at radius 3 is 2.68 bits per heavy atom. The van der Waals surface area contributed by atoms with Crippen LogP contribution in [0.2, 0.25) is 0 Å². The minimum atomic E-state index is 0.742. The number of hydrogen-bond acceptors (Lipinski definition) is 2. The van der Waals surface area contributed by atoms with E-state index in [1.807, 2.05) is 41.3 Å². The second kappa shape index (κ2) is 5.24. The number of H-pyrrole nitrogens is 1.